The van der Waals surface area contributed by atoms with E-state index in [4.69, 9.17) is 19.4 Å². The molecule has 0 bridgehead atoms. The van der Waals surface area contributed by atoms with E-state index < -0.39 is 0 Å². The molecule has 0 amide bonds. The summed E-state index contributed by atoms with van der Waals surface area (Å²) >= 11 is 0. The fraction of sp³-hybridized carbons (Fsp3) is 0. The summed E-state index contributed by atoms with van der Waals surface area (Å²) in [7, 11) is 0. The topological polar surface area (TPSA) is 51.8 Å². The number of rotatable bonds is 5. The van der Waals surface area contributed by atoms with Crippen LogP contribution in [0.4, 0.5) is 0 Å². The first-order valence-corrected chi connectivity index (χ1v) is 17.1. The highest BCUT2D eigenvalue weighted by atomic mass is 16.3. The molecule has 0 saturated heterocycles. The first-order valence-electron chi connectivity index (χ1n) is 17.1. The molecule has 0 atom stereocenters. The van der Waals surface area contributed by atoms with Crippen molar-refractivity contribution in [3.8, 4) is 56.4 Å². The van der Waals surface area contributed by atoms with Crippen LogP contribution in [0.15, 0.2) is 180 Å². The van der Waals surface area contributed by atoms with E-state index in [-0.39, 0.29) is 0 Å². The molecule has 0 N–H and O–H groups in total. The maximum atomic E-state index is 6.26. The van der Waals surface area contributed by atoms with E-state index in [1.807, 2.05) is 36.4 Å². The van der Waals surface area contributed by atoms with Crippen LogP contribution in [0.2, 0.25) is 0 Å². The molecular formula is C47H29N3O. The zero-order valence-electron chi connectivity index (χ0n) is 27.5. The highest BCUT2D eigenvalue weighted by molar-refractivity contribution is 6.15. The van der Waals surface area contributed by atoms with Crippen LogP contribution >= 0.6 is 0 Å². The largest absolute Gasteiger partial charge is 0.456 e. The van der Waals surface area contributed by atoms with Gasteiger partial charge in [0.1, 0.15) is 11.2 Å². The summed E-state index contributed by atoms with van der Waals surface area (Å²) < 4.78 is 6.26. The molecule has 10 aromatic rings. The van der Waals surface area contributed by atoms with Crippen molar-refractivity contribution >= 4 is 43.5 Å². The zero-order valence-corrected chi connectivity index (χ0v) is 27.5. The third-order valence-electron chi connectivity index (χ3n) is 9.73. The number of fused-ring (bicyclic) bond motifs is 6. The average Bonchev–Trinajstić information content (AvgIpc) is 3.60. The maximum absolute atomic E-state index is 6.26. The van der Waals surface area contributed by atoms with Crippen molar-refractivity contribution in [2.45, 2.75) is 0 Å². The lowest BCUT2D eigenvalue weighted by Gasteiger charge is -2.13. The summed E-state index contributed by atoms with van der Waals surface area (Å²) in [4.78, 5) is 15.5. The van der Waals surface area contributed by atoms with Gasteiger partial charge in [-0.05, 0) is 68.1 Å². The smallest absolute Gasteiger partial charge is 0.164 e. The Morgan fingerprint density at radius 1 is 0.314 bits per heavy atom. The SMILES string of the molecule is c1ccc(-c2ccc(-c3nc(-c4ccc5cc(-c6ccccc6)c6ccccc6c5c4)nc(-c4cccc5oc6ccccc6c45)n3)cc2)cc1. The fourth-order valence-electron chi connectivity index (χ4n) is 7.26. The molecule has 4 nitrogen and oxygen atoms in total. The Hall–Kier alpha value is -6.91. The highest BCUT2D eigenvalue weighted by Gasteiger charge is 2.18. The van der Waals surface area contributed by atoms with Gasteiger partial charge in [-0.15, -0.1) is 0 Å². The normalized spacial score (nSPS) is 11.5. The van der Waals surface area contributed by atoms with E-state index in [0.717, 1.165) is 55.0 Å². The van der Waals surface area contributed by atoms with E-state index in [0.29, 0.717) is 17.5 Å². The molecule has 4 heteroatoms. The van der Waals surface area contributed by atoms with Crippen molar-refractivity contribution in [3.63, 3.8) is 0 Å². The molecule has 0 radical (unpaired) electrons. The van der Waals surface area contributed by atoms with Crippen LogP contribution in [0.25, 0.3) is 99.9 Å². The Labute approximate surface area is 294 Å². The lowest BCUT2D eigenvalue weighted by Crippen LogP contribution is -2.00. The minimum absolute atomic E-state index is 0.601. The van der Waals surface area contributed by atoms with Crippen molar-refractivity contribution < 1.29 is 4.42 Å². The molecule has 8 aromatic carbocycles. The predicted octanol–water partition coefficient (Wildman–Crippen LogP) is 12.4. The molecule has 0 unspecified atom stereocenters. The molecule has 51 heavy (non-hydrogen) atoms. The highest BCUT2D eigenvalue weighted by Crippen LogP contribution is 2.39. The molecule has 0 saturated carbocycles. The Morgan fingerprint density at radius 2 is 0.882 bits per heavy atom. The lowest BCUT2D eigenvalue weighted by atomic mass is 9.92. The molecule has 238 valence electrons. The molecule has 2 aromatic heterocycles. The molecule has 10 rings (SSSR count). The number of hydrogen-bond acceptors (Lipinski definition) is 4. The van der Waals surface area contributed by atoms with Gasteiger partial charge in [0, 0.05) is 27.5 Å². The Balaban J connectivity index is 1.18. The fourth-order valence-corrected chi connectivity index (χ4v) is 7.26. The molecule has 0 aliphatic rings. The second-order valence-corrected chi connectivity index (χ2v) is 12.8. The number of hydrogen-bond donors (Lipinski definition) is 0. The standard InChI is InChI=1S/C47H29N3O/c1-3-12-30(13-4-1)31-22-24-33(25-23-31)45-48-46(50-47(49-45)39-19-11-21-43-44(39)38-18-9-10-20-42(38)51-43)35-27-26-34-28-40(32-14-5-2-6-15-32)36-16-7-8-17-37(36)41(34)29-35/h1-29H. The van der Waals surface area contributed by atoms with Gasteiger partial charge in [0.2, 0.25) is 0 Å². The monoisotopic (exact) mass is 651 g/mol. The number of nitrogens with zero attached hydrogens (tertiary/aromatic N) is 3. The van der Waals surface area contributed by atoms with Gasteiger partial charge in [-0.3, -0.25) is 0 Å². The van der Waals surface area contributed by atoms with E-state index >= 15 is 0 Å². The number of benzene rings is 8. The summed E-state index contributed by atoms with van der Waals surface area (Å²) in [6, 6.07) is 61.1. The molecule has 0 aliphatic heterocycles. The second-order valence-electron chi connectivity index (χ2n) is 12.8. The van der Waals surface area contributed by atoms with Gasteiger partial charge in [-0.1, -0.05) is 152 Å². The summed E-state index contributed by atoms with van der Waals surface area (Å²) in [5, 5.41) is 6.75. The quantitative estimate of drug-likeness (QED) is 0.174. The number of para-hydroxylation sites is 1. The van der Waals surface area contributed by atoms with Crippen LogP contribution in [-0.4, -0.2) is 15.0 Å². The number of furan rings is 1. The first-order chi connectivity index (χ1) is 25.3. The van der Waals surface area contributed by atoms with Crippen molar-refractivity contribution in [1.29, 1.82) is 0 Å². The Kier molecular flexibility index (Phi) is 6.78. The second kappa shape index (κ2) is 11.9. The van der Waals surface area contributed by atoms with Crippen molar-refractivity contribution in [3.05, 3.63) is 176 Å². The van der Waals surface area contributed by atoms with Gasteiger partial charge >= 0.3 is 0 Å². The average molecular weight is 652 g/mol. The zero-order chi connectivity index (χ0) is 33.7. The summed E-state index contributed by atoms with van der Waals surface area (Å²) in [6.45, 7) is 0. The maximum Gasteiger partial charge on any atom is 0.164 e. The summed E-state index contributed by atoms with van der Waals surface area (Å²) in [5.74, 6) is 1.83. The Bertz CT molecular complexity index is 2900. The van der Waals surface area contributed by atoms with Crippen LogP contribution < -0.4 is 0 Å². The lowest BCUT2D eigenvalue weighted by molar-refractivity contribution is 0.669. The summed E-state index contributed by atoms with van der Waals surface area (Å²) in [5.41, 5.74) is 9.11. The van der Waals surface area contributed by atoms with Crippen LogP contribution in [0.3, 0.4) is 0 Å². The van der Waals surface area contributed by atoms with E-state index in [1.165, 1.54) is 27.5 Å². The van der Waals surface area contributed by atoms with Crippen LogP contribution in [0.1, 0.15) is 0 Å². The molecular weight excluding hydrogens is 623 g/mol. The predicted molar refractivity (Wildman–Crippen MR) is 209 cm³/mol. The van der Waals surface area contributed by atoms with Crippen LogP contribution in [0, 0.1) is 0 Å². The van der Waals surface area contributed by atoms with Crippen molar-refractivity contribution in [2.75, 3.05) is 0 Å². The molecule has 2 heterocycles. The minimum Gasteiger partial charge on any atom is -0.456 e. The van der Waals surface area contributed by atoms with Crippen LogP contribution in [-0.2, 0) is 0 Å². The van der Waals surface area contributed by atoms with Gasteiger partial charge < -0.3 is 4.42 Å². The number of aromatic nitrogens is 3. The van der Waals surface area contributed by atoms with E-state index in [2.05, 4.69) is 140 Å². The van der Waals surface area contributed by atoms with Gasteiger partial charge in [0.15, 0.2) is 17.5 Å². The van der Waals surface area contributed by atoms with Gasteiger partial charge in [-0.2, -0.15) is 0 Å². The van der Waals surface area contributed by atoms with Gasteiger partial charge in [0.05, 0.1) is 0 Å². The van der Waals surface area contributed by atoms with Gasteiger partial charge in [0.25, 0.3) is 0 Å². The summed E-state index contributed by atoms with van der Waals surface area (Å²) in [6.07, 6.45) is 0. The minimum atomic E-state index is 0.601. The first kappa shape index (κ1) is 29.0. The van der Waals surface area contributed by atoms with Crippen LogP contribution in [0.5, 0.6) is 0 Å². The van der Waals surface area contributed by atoms with Gasteiger partial charge in [-0.25, -0.2) is 15.0 Å². The van der Waals surface area contributed by atoms with E-state index in [9.17, 15) is 0 Å². The third-order valence-corrected chi connectivity index (χ3v) is 9.73. The molecule has 0 aliphatic carbocycles. The van der Waals surface area contributed by atoms with E-state index in [1.54, 1.807) is 0 Å². The third kappa shape index (κ3) is 5.04. The van der Waals surface area contributed by atoms with Crippen molar-refractivity contribution in [2.24, 2.45) is 0 Å². The molecule has 0 fully saturated rings. The Morgan fingerprint density at radius 3 is 1.67 bits per heavy atom. The molecule has 0 spiro atoms. The van der Waals surface area contributed by atoms with Crippen molar-refractivity contribution in [1.82, 2.24) is 15.0 Å².